The molecule has 1 aromatic carbocycles. The van der Waals surface area contributed by atoms with Crippen LogP contribution in [0.25, 0.3) is 0 Å². The molecule has 140 valence electrons. The first-order valence-electron chi connectivity index (χ1n) is 7.69. The molecule has 9 nitrogen and oxygen atoms in total. The van der Waals surface area contributed by atoms with Crippen LogP contribution in [0.4, 0.5) is 11.6 Å². The van der Waals surface area contributed by atoms with Crippen molar-refractivity contribution in [2.75, 3.05) is 32.2 Å². The van der Waals surface area contributed by atoms with Crippen LogP contribution < -0.4 is 14.8 Å². The quantitative estimate of drug-likeness (QED) is 0.483. The summed E-state index contributed by atoms with van der Waals surface area (Å²) in [5.41, 5.74) is 0.706. The summed E-state index contributed by atoms with van der Waals surface area (Å²) in [5.74, 6) is 2.53. The van der Waals surface area contributed by atoms with E-state index < -0.39 is 10.0 Å². The van der Waals surface area contributed by atoms with Gasteiger partial charge in [0.15, 0.2) is 6.61 Å². The van der Waals surface area contributed by atoms with Gasteiger partial charge in [-0.15, -0.1) is 6.42 Å². The van der Waals surface area contributed by atoms with Crippen LogP contribution in [-0.4, -0.2) is 45.3 Å². The van der Waals surface area contributed by atoms with Crippen molar-refractivity contribution < 1.29 is 17.9 Å². The van der Waals surface area contributed by atoms with E-state index in [0.717, 1.165) is 0 Å². The van der Waals surface area contributed by atoms with E-state index in [9.17, 15) is 8.42 Å². The summed E-state index contributed by atoms with van der Waals surface area (Å²) in [4.78, 5) is 8.22. The number of nitrogens with zero attached hydrogens (tertiary/aromatic N) is 3. The van der Waals surface area contributed by atoms with Gasteiger partial charge in [-0.3, -0.25) is 0 Å². The highest BCUT2D eigenvalue weighted by molar-refractivity contribution is 7.89. The Bertz CT molecular complexity index is 962. The molecular weight excluding hydrogens is 370 g/mol. The molecule has 1 aromatic heterocycles. The number of methoxy groups -OCH3 is 1. The highest BCUT2D eigenvalue weighted by atomic mass is 32.2. The number of ether oxygens (including phenoxy) is 2. The van der Waals surface area contributed by atoms with Gasteiger partial charge < -0.3 is 14.8 Å². The number of sulfonamides is 1. The average Bonchev–Trinajstić information content (AvgIpc) is 2.67. The SMILES string of the molecule is C#CCOc1nc(Nc2ccc(S(=O)(=O)NCCOC)cc2)ncc1C#N. The van der Waals surface area contributed by atoms with E-state index in [1.54, 1.807) is 12.1 Å². The van der Waals surface area contributed by atoms with Crippen LogP contribution in [0.5, 0.6) is 5.88 Å². The van der Waals surface area contributed by atoms with E-state index in [-0.39, 0.29) is 42.0 Å². The van der Waals surface area contributed by atoms with Crippen molar-refractivity contribution in [3.05, 3.63) is 36.0 Å². The molecule has 0 aliphatic heterocycles. The fraction of sp³-hybridized carbons (Fsp3) is 0.235. The summed E-state index contributed by atoms with van der Waals surface area (Å²) in [7, 11) is -2.12. The second-order valence-electron chi connectivity index (χ2n) is 5.06. The predicted octanol–water partition coefficient (Wildman–Crippen LogP) is 1.03. The zero-order valence-electron chi connectivity index (χ0n) is 14.5. The van der Waals surface area contributed by atoms with Gasteiger partial charge >= 0.3 is 0 Å². The lowest BCUT2D eigenvalue weighted by molar-refractivity contribution is 0.204. The topological polar surface area (TPSA) is 126 Å². The van der Waals surface area contributed by atoms with Crippen molar-refractivity contribution in [2.45, 2.75) is 4.90 Å². The summed E-state index contributed by atoms with van der Waals surface area (Å²) in [6.07, 6.45) is 6.44. The molecule has 0 radical (unpaired) electrons. The van der Waals surface area contributed by atoms with E-state index in [0.29, 0.717) is 5.69 Å². The van der Waals surface area contributed by atoms with Gasteiger partial charge in [-0.25, -0.2) is 18.1 Å². The van der Waals surface area contributed by atoms with Crippen LogP contribution in [0.15, 0.2) is 35.4 Å². The van der Waals surface area contributed by atoms with Gasteiger partial charge in [-0.1, -0.05) is 5.92 Å². The van der Waals surface area contributed by atoms with E-state index in [1.807, 2.05) is 6.07 Å². The molecule has 2 rings (SSSR count). The van der Waals surface area contributed by atoms with Crippen molar-refractivity contribution in [3.8, 4) is 24.3 Å². The molecule has 0 atom stereocenters. The molecule has 0 bridgehead atoms. The van der Waals surface area contributed by atoms with Gasteiger partial charge in [-0.2, -0.15) is 10.2 Å². The van der Waals surface area contributed by atoms with Gasteiger partial charge in [0.2, 0.25) is 21.9 Å². The molecule has 10 heteroatoms. The first-order chi connectivity index (χ1) is 13.0. The largest absolute Gasteiger partial charge is 0.463 e. The van der Waals surface area contributed by atoms with Crippen molar-refractivity contribution in [3.63, 3.8) is 0 Å². The molecule has 1 heterocycles. The fourth-order valence-corrected chi connectivity index (χ4v) is 2.94. The van der Waals surface area contributed by atoms with Gasteiger partial charge in [0, 0.05) is 19.3 Å². The summed E-state index contributed by atoms with van der Waals surface area (Å²) in [5, 5.41) is 11.9. The molecule has 0 spiro atoms. The number of nitrogens with one attached hydrogen (secondary N) is 2. The Morgan fingerprint density at radius 2 is 2.04 bits per heavy atom. The first-order valence-corrected chi connectivity index (χ1v) is 9.17. The molecule has 0 saturated heterocycles. The normalized spacial score (nSPS) is 10.6. The molecule has 0 aliphatic rings. The fourth-order valence-electron chi connectivity index (χ4n) is 1.93. The maximum atomic E-state index is 12.1. The Balaban J connectivity index is 2.12. The van der Waals surface area contributed by atoms with Crippen molar-refractivity contribution in [1.82, 2.24) is 14.7 Å². The van der Waals surface area contributed by atoms with E-state index in [1.165, 1.54) is 25.4 Å². The van der Waals surface area contributed by atoms with Crippen molar-refractivity contribution in [2.24, 2.45) is 0 Å². The first kappa shape index (κ1) is 20.1. The van der Waals surface area contributed by atoms with Crippen LogP contribution in [0, 0.1) is 23.7 Å². The minimum Gasteiger partial charge on any atom is -0.463 e. The second-order valence-corrected chi connectivity index (χ2v) is 6.82. The Labute approximate surface area is 157 Å². The van der Waals surface area contributed by atoms with Crippen LogP contribution in [0.1, 0.15) is 5.56 Å². The number of hydrogen-bond acceptors (Lipinski definition) is 8. The molecular formula is C17H17N5O4S. The molecule has 2 N–H and O–H groups in total. The number of anilines is 2. The zero-order valence-corrected chi connectivity index (χ0v) is 15.3. The van der Waals surface area contributed by atoms with Crippen LogP contribution in [0.3, 0.4) is 0 Å². The molecule has 27 heavy (non-hydrogen) atoms. The smallest absolute Gasteiger partial charge is 0.240 e. The lowest BCUT2D eigenvalue weighted by Gasteiger charge is -2.09. The highest BCUT2D eigenvalue weighted by Crippen LogP contribution is 2.20. The Kier molecular flexibility index (Phi) is 7.08. The third kappa shape index (κ3) is 5.66. The Hall–Kier alpha value is -3.18. The third-order valence-corrected chi connectivity index (χ3v) is 4.66. The summed E-state index contributed by atoms with van der Waals surface area (Å²) < 4.78 is 36.7. The number of benzene rings is 1. The van der Waals surface area contributed by atoms with Crippen LogP contribution in [0.2, 0.25) is 0 Å². The van der Waals surface area contributed by atoms with Gasteiger partial charge in [0.1, 0.15) is 11.6 Å². The minimum absolute atomic E-state index is 0.0340. The lowest BCUT2D eigenvalue weighted by Crippen LogP contribution is -2.27. The molecule has 0 aliphatic carbocycles. The number of aromatic nitrogens is 2. The predicted molar refractivity (Wildman–Crippen MR) is 97.9 cm³/mol. The molecule has 2 aromatic rings. The van der Waals surface area contributed by atoms with Gasteiger partial charge in [0.05, 0.1) is 17.7 Å². The van der Waals surface area contributed by atoms with Crippen molar-refractivity contribution in [1.29, 1.82) is 5.26 Å². The lowest BCUT2D eigenvalue weighted by atomic mass is 10.3. The van der Waals surface area contributed by atoms with E-state index in [2.05, 4.69) is 25.9 Å². The van der Waals surface area contributed by atoms with Crippen molar-refractivity contribution >= 4 is 21.7 Å². The minimum atomic E-state index is -3.61. The number of terminal acetylenes is 1. The second kappa shape index (κ2) is 9.50. The number of nitriles is 1. The molecule has 0 fully saturated rings. The monoisotopic (exact) mass is 387 g/mol. The maximum absolute atomic E-state index is 12.1. The Morgan fingerprint density at radius 3 is 2.67 bits per heavy atom. The number of hydrogen-bond donors (Lipinski definition) is 2. The van der Waals surface area contributed by atoms with Gasteiger partial charge in [-0.05, 0) is 24.3 Å². The van der Waals surface area contributed by atoms with Crippen LogP contribution >= 0.6 is 0 Å². The van der Waals surface area contributed by atoms with E-state index >= 15 is 0 Å². The van der Waals surface area contributed by atoms with E-state index in [4.69, 9.17) is 21.2 Å². The highest BCUT2D eigenvalue weighted by Gasteiger charge is 2.13. The average molecular weight is 387 g/mol. The molecule has 0 saturated carbocycles. The maximum Gasteiger partial charge on any atom is 0.240 e. The standard InChI is InChI=1S/C17H17N5O4S/c1-3-9-26-16-13(11-18)12-19-17(22-16)21-14-4-6-15(7-5-14)27(23,24)20-8-10-25-2/h1,4-7,12,20H,8-10H2,2H3,(H,19,21,22). The van der Waals surface area contributed by atoms with Crippen LogP contribution in [-0.2, 0) is 14.8 Å². The summed E-state index contributed by atoms with van der Waals surface area (Å²) in [6.45, 7) is 0.422. The van der Waals surface area contributed by atoms with Gasteiger partial charge in [0.25, 0.3) is 0 Å². The Morgan fingerprint density at radius 1 is 1.30 bits per heavy atom. The summed E-state index contributed by atoms with van der Waals surface area (Å²) in [6, 6.07) is 7.92. The zero-order chi connectivity index (χ0) is 19.7. The number of rotatable bonds is 9. The third-order valence-electron chi connectivity index (χ3n) is 3.19. The molecule has 0 unspecified atom stereocenters. The summed E-state index contributed by atoms with van der Waals surface area (Å²) >= 11 is 0. The molecule has 0 amide bonds.